The normalized spacial score (nSPS) is 11.7. The van der Waals surface area contributed by atoms with E-state index in [-0.39, 0.29) is 11.5 Å². The predicted octanol–water partition coefficient (Wildman–Crippen LogP) is 4.29. The second-order valence-corrected chi connectivity index (χ2v) is 7.36. The second-order valence-electron chi connectivity index (χ2n) is 6.29. The van der Waals surface area contributed by atoms with Crippen molar-refractivity contribution >= 4 is 23.2 Å². The van der Waals surface area contributed by atoms with E-state index in [0.717, 1.165) is 5.69 Å². The SMILES string of the molecule is O=C(c1ccccc1)C(Sc1nnnn1-c1ccccc1)c1ccc([N+](=O)[O-])cc1. The molecule has 0 aliphatic carbocycles. The van der Waals surface area contributed by atoms with Crippen LogP contribution in [0.1, 0.15) is 21.2 Å². The van der Waals surface area contributed by atoms with Gasteiger partial charge in [0.2, 0.25) is 5.16 Å². The fraction of sp³-hybridized carbons (Fsp3) is 0.0476. The number of hydrogen-bond donors (Lipinski definition) is 0. The van der Waals surface area contributed by atoms with E-state index < -0.39 is 10.2 Å². The van der Waals surface area contributed by atoms with Crippen molar-refractivity contribution in [3.05, 3.63) is 106 Å². The fourth-order valence-corrected chi connectivity index (χ4v) is 3.96. The highest BCUT2D eigenvalue weighted by Crippen LogP contribution is 2.37. The molecule has 3 aromatic carbocycles. The van der Waals surface area contributed by atoms with Crippen LogP contribution in [0.4, 0.5) is 5.69 Å². The molecule has 0 saturated heterocycles. The van der Waals surface area contributed by atoms with Crippen LogP contribution in [0.15, 0.2) is 90.1 Å². The number of nitro benzene ring substituents is 1. The molecule has 0 fully saturated rings. The molecule has 0 amide bonds. The molecule has 4 rings (SSSR count). The van der Waals surface area contributed by atoms with Gasteiger partial charge in [-0.05, 0) is 28.1 Å². The maximum atomic E-state index is 13.3. The zero-order valence-electron chi connectivity index (χ0n) is 15.5. The Bertz CT molecular complexity index is 1160. The van der Waals surface area contributed by atoms with E-state index in [0.29, 0.717) is 16.3 Å². The molecule has 1 heterocycles. The average Bonchev–Trinajstić information content (AvgIpc) is 3.26. The number of nitrogens with zero attached hydrogens (tertiary/aromatic N) is 5. The molecule has 0 N–H and O–H groups in total. The molecule has 4 aromatic rings. The molecule has 0 bridgehead atoms. The minimum absolute atomic E-state index is 0.0382. The number of nitro groups is 1. The number of tetrazole rings is 1. The van der Waals surface area contributed by atoms with Crippen molar-refractivity contribution in [2.75, 3.05) is 0 Å². The molecule has 30 heavy (non-hydrogen) atoms. The Morgan fingerprint density at radius 2 is 1.57 bits per heavy atom. The Balaban J connectivity index is 1.72. The summed E-state index contributed by atoms with van der Waals surface area (Å²) in [5.74, 6) is -0.142. The summed E-state index contributed by atoms with van der Waals surface area (Å²) < 4.78 is 1.56. The summed E-state index contributed by atoms with van der Waals surface area (Å²) in [7, 11) is 0. The van der Waals surface area contributed by atoms with Gasteiger partial charge in [0.25, 0.3) is 5.69 Å². The summed E-state index contributed by atoms with van der Waals surface area (Å²) in [6, 6.07) is 24.2. The molecule has 1 atom stereocenters. The van der Waals surface area contributed by atoms with Gasteiger partial charge in [0.15, 0.2) is 5.78 Å². The lowest BCUT2D eigenvalue weighted by Gasteiger charge is -2.15. The van der Waals surface area contributed by atoms with Crippen molar-refractivity contribution in [1.82, 2.24) is 20.2 Å². The van der Waals surface area contributed by atoms with E-state index >= 15 is 0 Å². The number of para-hydroxylation sites is 1. The number of hydrogen-bond acceptors (Lipinski definition) is 7. The highest BCUT2D eigenvalue weighted by molar-refractivity contribution is 8.00. The quantitative estimate of drug-likeness (QED) is 0.191. The first-order valence-electron chi connectivity index (χ1n) is 8.97. The topological polar surface area (TPSA) is 104 Å². The van der Waals surface area contributed by atoms with E-state index in [1.54, 1.807) is 41.1 Å². The van der Waals surface area contributed by atoms with Crippen LogP contribution in [-0.4, -0.2) is 30.9 Å². The lowest BCUT2D eigenvalue weighted by molar-refractivity contribution is -0.384. The Hall–Kier alpha value is -3.85. The van der Waals surface area contributed by atoms with Crippen LogP contribution in [0.2, 0.25) is 0 Å². The summed E-state index contributed by atoms with van der Waals surface area (Å²) in [6.45, 7) is 0. The van der Waals surface area contributed by atoms with Crippen LogP contribution in [0.25, 0.3) is 5.69 Å². The molecule has 0 spiro atoms. The van der Waals surface area contributed by atoms with Gasteiger partial charge >= 0.3 is 0 Å². The summed E-state index contributed by atoms with van der Waals surface area (Å²) >= 11 is 1.19. The smallest absolute Gasteiger partial charge is 0.269 e. The number of thioether (sulfide) groups is 1. The third kappa shape index (κ3) is 4.11. The zero-order chi connectivity index (χ0) is 20.9. The predicted molar refractivity (Wildman–Crippen MR) is 112 cm³/mol. The van der Waals surface area contributed by atoms with Crippen molar-refractivity contribution in [1.29, 1.82) is 0 Å². The summed E-state index contributed by atoms with van der Waals surface area (Å²) in [5.41, 5.74) is 1.89. The number of non-ortho nitro benzene ring substituents is 1. The third-order valence-electron chi connectivity index (χ3n) is 4.37. The minimum Gasteiger partial charge on any atom is -0.293 e. The largest absolute Gasteiger partial charge is 0.293 e. The van der Waals surface area contributed by atoms with Crippen LogP contribution in [0.5, 0.6) is 0 Å². The van der Waals surface area contributed by atoms with Crippen molar-refractivity contribution in [2.45, 2.75) is 10.4 Å². The average molecular weight is 417 g/mol. The molecule has 148 valence electrons. The van der Waals surface area contributed by atoms with Gasteiger partial charge in [-0.2, -0.15) is 4.68 Å². The van der Waals surface area contributed by atoms with Crippen molar-refractivity contribution in [3.8, 4) is 5.69 Å². The Morgan fingerprint density at radius 1 is 0.933 bits per heavy atom. The van der Waals surface area contributed by atoms with Crippen LogP contribution in [0.3, 0.4) is 0 Å². The maximum absolute atomic E-state index is 13.3. The number of Topliss-reactive ketones (excluding diaryl/α,β-unsaturated/α-hetero) is 1. The molecule has 0 aliphatic heterocycles. The molecule has 1 unspecified atom stereocenters. The number of carbonyl (C=O) groups is 1. The number of rotatable bonds is 7. The maximum Gasteiger partial charge on any atom is 0.269 e. The second kappa shape index (κ2) is 8.66. The van der Waals surface area contributed by atoms with Crippen LogP contribution < -0.4 is 0 Å². The van der Waals surface area contributed by atoms with Crippen molar-refractivity contribution < 1.29 is 9.72 Å². The first-order valence-corrected chi connectivity index (χ1v) is 9.85. The van der Waals surface area contributed by atoms with Gasteiger partial charge in [-0.15, -0.1) is 5.10 Å². The van der Waals surface area contributed by atoms with Gasteiger partial charge in [-0.3, -0.25) is 14.9 Å². The fourth-order valence-electron chi connectivity index (χ4n) is 2.89. The van der Waals surface area contributed by atoms with E-state index in [1.165, 1.54) is 23.9 Å². The molecule has 8 nitrogen and oxygen atoms in total. The van der Waals surface area contributed by atoms with Gasteiger partial charge in [-0.25, -0.2) is 0 Å². The Morgan fingerprint density at radius 3 is 2.20 bits per heavy atom. The van der Waals surface area contributed by atoms with Gasteiger partial charge in [0.05, 0.1) is 10.6 Å². The van der Waals surface area contributed by atoms with E-state index in [2.05, 4.69) is 15.5 Å². The molecular weight excluding hydrogens is 402 g/mol. The van der Waals surface area contributed by atoms with Crippen LogP contribution in [-0.2, 0) is 0 Å². The van der Waals surface area contributed by atoms with E-state index in [4.69, 9.17) is 0 Å². The Kier molecular flexibility index (Phi) is 5.62. The van der Waals surface area contributed by atoms with Gasteiger partial charge in [-0.1, -0.05) is 72.4 Å². The summed E-state index contributed by atoms with van der Waals surface area (Å²) in [4.78, 5) is 23.8. The number of carbonyl (C=O) groups excluding carboxylic acids is 1. The van der Waals surface area contributed by atoms with E-state index in [1.807, 2.05) is 36.4 Å². The molecule has 0 radical (unpaired) electrons. The zero-order valence-corrected chi connectivity index (χ0v) is 16.3. The van der Waals surface area contributed by atoms with Crippen molar-refractivity contribution in [2.24, 2.45) is 0 Å². The standard InChI is InChI=1S/C21H15N5O3S/c27-19(15-7-3-1-4-8-15)20(16-11-13-18(14-12-16)26(28)29)30-21-22-23-24-25(21)17-9-5-2-6-10-17/h1-14,20H. The molecular formula is C21H15N5O3S. The molecule has 0 aliphatic rings. The van der Waals surface area contributed by atoms with E-state index in [9.17, 15) is 14.9 Å². The van der Waals surface area contributed by atoms with Crippen LogP contribution >= 0.6 is 11.8 Å². The first-order chi connectivity index (χ1) is 14.6. The lowest BCUT2D eigenvalue weighted by Crippen LogP contribution is -2.11. The Labute approximate surface area is 175 Å². The number of benzene rings is 3. The highest BCUT2D eigenvalue weighted by atomic mass is 32.2. The summed E-state index contributed by atoms with van der Waals surface area (Å²) in [6.07, 6.45) is 0. The van der Waals surface area contributed by atoms with Gasteiger partial charge in [0, 0.05) is 17.7 Å². The van der Waals surface area contributed by atoms with Crippen molar-refractivity contribution in [3.63, 3.8) is 0 Å². The molecule has 1 aromatic heterocycles. The number of aromatic nitrogens is 4. The molecule has 0 saturated carbocycles. The monoisotopic (exact) mass is 417 g/mol. The molecule has 9 heteroatoms. The minimum atomic E-state index is -0.679. The van der Waals surface area contributed by atoms with Crippen LogP contribution in [0, 0.1) is 10.1 Å². The first kappa shape index (κ1) is 19.5. The summed E-state index contributed by atoms with van der Waals surface area (Å²) in [5, 5.41) is 22.6. The third-order valence-corrected chi connectivity index (χ3v) is 5.56. The highest BCUT2D eigenvalue weighted by Gasteiger charge is 2.27. The van der Waals surface area contributed by atoms with Gasteiger partial charge < -0.3 is 0 Å². The number of ketones is 1. The lowest BCUT2D eigenvalue weighted by atomic mass is 10.0. The van der Waals surface area contributed by atoms with Gasteiger partial charge in [0.1, 0.15) is 5.25 Å².